The standard InChI is InChI=1S/C14H15NO6/c1-3-11(17)10-5-9(14(19)20)8(13(18)15-4-2)6-12(10)21-7-16/h5-7H,3-4H2,1-2H3,(H,15,18)(H,19,20). The van der Waals surface area contributed by atoms with Gasteiger partial charge >= 0.3 is 5.97 Å². The van der Waals surface area contributed by atoms with E-state index in [1.165, 1.54) is 0 Å². The number of rotatable bonds is 7. The Hall–Kier alpha value is -2.70. The van der Waals surface area contributed by atoms with Crippen molar-refractivity contribution in [2.24, 2.45) is 0 Å². The summed E-state index contributed by atoms with van der Waals surface area (Å²) in [6, 6.07) is 2.14. The van der Waals surface area contributed by atoms with Crippen LogP contribution in [-0.2, 0) is 4.79 Å². The highest BCUT2D eigenvalue weighted by Crippen LogP contribution is 2.25. The van der Waals surface area contributed by atoms with E-state index in [0.717, 1.165) is 12.1 Å². The van der Waals surface area contributed by atoms with E-state index >= 15 is 0 Å². The van der Waals surface area contributed by atoms with E-state index in [1.54, 1.807) is 13.8 Å². The van der Waals surface area contributed by atoms with Crippen molar-refractivity contribution in [1.82, 2.24) is 5.32 Å². The summed E-state index contributed by atoms with van der Waals surface area (Å²) in [6.45, 7) is 3.68. The van der Waals surface area contributed by atoms with Gasteiger partial charge in [0.1, 0.15) is 5.75 Å². The first-order chi connectivity index (χ1) is 9.96. The predicted molar refractivity (Wildman–Crippen MR) is 72.7 cm³/mol. The molecule has 0 saturated carbocycles. The number of ether oxygens (including phenoxy) is 1. The highest BCUT2D eigenvalue weighted by atomic mass is 16.5. The Bertz CT molecular complexity index is 593. The third kappa shape index (κ3) is 3.65. The second-order valence-corrected chi connectivity index (χ2v) is 4.05. The Morgan fingerprint density at radius 1 is 1.19 bits per heavy atom. The minimum absolute atomic E-state index is 0.0463. The number of hydrogen-bond acceptors (Lipinski definition) is 5. The summed E-state index contributed by atoms with van der Waals surface area (Å²) in [7, 11) is 0. The number of carbonyl (C=O) groups excluding carboxylic acids is 3. The van der Waals surface area contributed by atoms with Gasteiger partial charge < -0.3 is 15.2 Å². The van der Waals surface area contributed by atoms with Crippen molar-refractivity contribution in [1.29, 1.82) is 0 Å². The third-order valence-corrected chi connectivity index (χ3v) is 2.73. The van der Waals surface area contributed by atoms with E-state index in [0.29, 0.717) is 6.54 Å². The van der Waals surface area contributed by atoms with E-state index in [1.807, 2.05) is 0 Å². The average Bonchev–Trinajstić information content (AvgIpc) is 2.46. The lowest BCUT2D eigenvalue weighted by Crippen LogP contribution is -2.25. The molecular weight excluding hydrogens is 278 g/mol. The summed E-state index contributed by atoms with van der Waals surface area (Å²) >= 11 is 0. The van der Waals surface area contributed by atoms with Crippen LogP contribution in [0, 0.1) is 0 Å². The van der Waals surface area contributed by atoms with Crippen LogP contribution >= 0.6 is 0 Å². The molecule has 0 spiro atoms. The van der Waals surface area contributed by atoms with Crippen LogP contribution in [0.25, 0.3) is 0 Å². The van der Waals surface area contributed by atoms with Gasteiger partial charge in [0, 0.05) is 13.0 Å². The van der Waals surface area contributed by atoms with Gasteiger partial charge in [0.15, 0.2) is 5.78 Å². The fourth-order valence-electron chi connectivity index (χ4n) is 1.76. The number of ketones is 1. The van der Waals surface area contributed by atoms with Gasteiger partial charge in [0.2, 0.25) is 0 Å². The van der Waals surface area contributed by atoms with Gasteiger partial charge in [-0.3, -0.25) is 14.4 Å². The molecule has 0 heterocycles. The van der Waals surface area contributed by atoms with E-state index in [-0.39, 0.29) is 35.3 Å². The SMILES string of the molecule is CCNC(=O)c1cc(OC=O)c(C(=O)CC)cc1C(=O)O. The molecule has 0 radical (unpaired) electrons. The van der Waals surface area contributed by atoms with Crippen LogP contribution < -0.4 is 10.1 Å². The minimum atomic E-state index is -1.35. The molecule has 0 aliphatic heterocycles. The molecule has 1 aromatic carbocycles. The molecule has 0 aliphatic carbocycles. The second kappa shape index (κ2) is 7.18. The lowest BCUT2D eigenvalue weighted by Gasteiger charge is -2.11. The molecule has 1 rings (SSSR count). The molecule has 0 atom stereocenters. The number of Topliss-reactive ketones (excluding diaryl/α,β-unsaturated/α-hetero) is 1. The van der Waals surface area contributed by atoms with Crippen LogP contribution in [0.5, 0.6) is 5.75 Å². The quantitative estimate of drug-likeness (QED) is 0.578. The van der Waals surface area contributed by atoms with Crippen molar-refractivity contribution in [2.45, 2.75) is 20.3 Å². The van der Waals surface area contributed by atoms with Gasteiger partial charge in [-0.05, 0) is 19.1 Å². The highest BCUT2D eigenvalue weighted by Gasteiger charge is 2.22. The molecule has 0 unspecified atom stereocenters. The zero-order chi connectivity index (χ0) is 16.0. The van der Waals surface area contributed by atoms with Gasteiger partial charge in [-0.15, -0.1) is 0 Å². The number of aromatic carboxylic acids is 1. The number of nitrogens with one attached hydrogen (secondary N) is 1. The predicted octanol–water partition coefficient (Wildman–Crippen LogP) is 1.26. The van der Waals surface area contributed by atoms with Crippen molar-refractivity contribution < 1.29 is 29.0 Å². The number of carbonyl (C=O) groups is 4. The number of hydrogen-bond donors (Lipinski definition) is 2. The maximum Gasteiger partial charge on any atom is 0.336 e. The zero-order valence-corrected chi connectivity index (χ0v) is 11.6. The van der Waals surface area contributed by atoms with Gasteiger partial charge in [-0.2, -0.15) is 0 Å². The Labute approximate surface area is 120 Å². The van der Waals surface area contributed by atoms with Gasteiger partial charge in [-0.25, -0.2) is 4.79 Å². The summed E-state index contributed by atoms with van der Waals surface area (Å²) in [5.74, 6) is -2.50. The van der Waals surface area contributed by atoms with E-state index in [2.05, 4.69) is 10.1 Å². The number of carboxylic acid groups (broad SMARTS) is 1. The molecular formula is C14H15NO6. The number of carboxylic acids is 1. The monoisotopic (exact) mass is 293 g/mol. The lowest BCUT2D eigenvalue weighted by molar-refractivity contribution is -0.120. The highest BCUT2D eigenvalue weighted by molar-refractivity contribution is 6.08. The van der Waals surface area contributed by atoms with Crippen LogP contribution in [0.15, 0.2) is 12.1 Å². The summed E-state index contributed by atoms with van der Waals surface area (Å²) in [6.07, 6.45) is 0.106. The summed E-state index contributed by atoms with van der Waals surface area (Å²) in [5.41, 5.74) is -0.542. The van der Waals surface area contributed by atoms with Crippen LogP contribution in [0.3, 0.4) is 0 Å². The molecule has 0 aromatic heterocycles. The topological polar surface area (TPSA) is 110 Å². The molecule has 7 heteroatoms. The third-order valence-electron chi connectivity index (χ3n) is 2.73. The molecule has 112 valence electrons. The molecule has 7 nitrogen and oxygen atoms in total. The van der Waals surface area contributed by atoms with Gasteiger partial charge in [-0.1, -0.05) is 6.92 Å². The smallest absolute Gasteiger partial charge is 0.336 e. The van der Waals surface area contributed by atoms with Crippen molar-refractivity contribution in [3.63, 3.8) is 0 Å². The zero-order valence-electron chi connectivity index (χ0n) is 11.6. The maximum absolute atomic E-state index is 11.9. The van der Waals surface area contributed by atoms with E-state index in [9.17, 15) is 24.3 Å². The van der Waals surface area contributed by atoms with Crippen LogP contribution in [-0.4, -0.2) is 35.8 Å². The van der Waals surface area contributed by atoms with Crippen molar-refractivity contribution in [3.05, 3.63) is 28.8 Å². The summed E-state index contributed by atoms with van der Waals surface area (Å²) in [4.78, 5) is 45.4. The Balaban J connectivity index is 3.53. The van der Waals surface area contributed by atoms with E-state index < -0.39 is 17.7 Å². The first kappa shape index (κ1) is 16.4. The molecule has 1 amide bonds. The van der Waals surface area contributed by atoms with Gasteiger partial charge in [0.05, 0.1) is 16.7 Å². The fourth-order valence-corrected chi connectivity index (χ4v) is 1.76. The van der Waals surface area contributed by atoms with Crippen LogP contribution in [0.1, 0.15) is 51.3 Å². The Morgan fingerprint density at radius 3 is 2.33 bits per heavy atom. The first-order valence-electron chi connectivity index (χ1n) is 6.29. The normalized spacial score (nSPS) is 9.81. The largest absolute Gasteiger partial charge is 0.478 e. The lowest BCUT2D eigenvalue weighted by atomic mass is 9.98. The Kier molecular flexibility index (Phi) is 5.59. The first-order valence-corrected chi connectivity index (χ1v) is 6.29. The van der Waals surface area contributed by atoms with Crippen LogP contribution in [0.4, 0.5) is 0 Å². The Morgan fingerprint density at radius 2 is 1.86 bits per heavy atom. The summed E-state index contributed by atoms with van der Waals surface area (Å²) < 4.78 is 4.69. The number of benzene rings is 1. The van der Waals surface area contributed by atoms with Crippen LogP contribution in [0.2, 0.25) is 0 Å². The molecule has 0 bridgehead atoms. The summed E-state index contributed by atoms with van der Waals surface area (Å²) in [5, 5.41) is 11.6. The molecule has 21 heavy (non-hydrogen) atoms. The average molecular weight is 293 g/mol. The molecule has 2 N–H and O–H groups in total. The number of amides is 1. The fraction of sp³-hybridized carbons (Fsp3) is 0.286. The maximum atomic E-state index is 11.9. The molecule has 0 saturated heterocycles. The van der Waals surface area contributed by atoms with Crippen molar-refractivity contribution in [2.75, 3.05) is 6.54 Å². The molecule has 1 aromatic rings. The van der Waals surface area contributed by atoms with E-state index in [4.69, 9.17) is 0 Å². The molecule has 0 fully saturated rings. The molecule has 0 aliphatic rings. The van der Waals surface area contributed by atoms with Crippen molar-refractivity contribution in [3.8, 4) is 5.75 Å². The van der Waals surface area contributed by atoms with Gasteiger partial charge in [0.25, 0.3) is 12.4 Å². The second-order valence-electron chi connectivity index (χ2n) is 4.05. The minimum Gasteiger partial charge on any atom is -0.478 e. The van der Waals surface area contributed by atoms with Crippen molar-refractivity contribution >= 4 is 24.1 Å².